The molecule has 112 valence electrons. The average Bonchev–Trinajstić information content (AvgIpc) is 2.45. The van der Waals surface area contributed by atoms with Crippen LogP contribution >= 0.6 is 23.2 Å². The normalized spacial score (nSPS) is 10.5. The Hall–Kier alpha value is -1.52. The third kappa shape index (κ3) is 4.76. The zero-order valence-corrected chi connectivity index (χ0v) is 13.5. The van der Waals surface area contributed by atoms with E-state index in [9.17, 15) is 0 Å². The van der Waals surface area contributed by atoms with E-state index in [2.05, 4.69) is 22.2 Å². The third-order valence-electron chi connectivity index (χ3n) is 2.71. The van der Waals surface area contributed by atoms with Crippen molar-refractivity contribution >= 4 is 29.0 Å². The number of benzene rings is 1. The predicted octanol–water partition coefficient (Wildman–Crippen LogP) is 4.49. The monoisotopic (exact) mass is 325 g/mol. The van der Waals surface area contributed by atoms with Crippen LogP contribution in [0, 0.1) is 6.92 Å². The highest BCUT2D eigenvalue weighted by molar-refractivity contribution is 6.34. The van der Waals surface area contributed by atoms with Crippen LogP contribution in [-0.4, -0.2) is 16.5 Å². The van der Waals surface area contributed by atoms with E-state index in [1.54, 1.807) is 18.2 Å². The first-order chi connectivity index (χ1) is 10.1. The lowest BCUT2D eigenvalue weighted by Crippen LogP contribution is -2.08. The lowest BCUT2D eigenvalue weighted by Gasteiger charge is -2.10. The second-order valence-corrected chi connectivity index (χ2v) is 5.44. The van der Waals surface area contributed by atoms with Crippen LogP contribution in [0.25, 0.3) is 0 Å². The fourth-order valence-corrected chi connectivity index (χ4v) is 2.10. The van der Waals surface area contributed by atoms with Gasteiger partial charge in [0, 0.05) is 29.4 Å². The summed E-state index contributed by atoms with van der Waals surface area (Å²) in [6, 6.07) is 7.00. The number of hydrogen-bond donors (Lipinski definition) is 1. The summed E-state index contributed by atoms with van der Waals surface area (Å²) < 4.78 is 5.65. The summed E-state index contributed by atoms with van der Waals surface area (Å²) in [4.78, 5) is 8.77. The van der Waals surface area contributed by atoms with Gasteiger partial charge in [-0.2, -0.15) is 0 Å². The number of hydrogen-bond acceptors (Lipinski definition) is 4. The highest BCUT2D eigenvalue weighted by Crippen LogP contribution is 2.28. The molecule has 0 amide bonds. The minimum absolute atomic E-state index is 0.239. The van der Waals surface area contributed by atoms with Gasteiger partial charge < -0.3 is 10.1 Å². The number of rotatable bonds is 6. The maximum Gasteiger partial charge on any atom is 0.168 e. The zero-order valence-electron chi connectivity index (χ0n) is 12.0. The summed E-state index contributed by atoms with van der Waals surface area (Å²) in [5.41, 5.74) is 0.888. The Kier molecular flexibility index (Phi) is 5.65. The van der Waals surface area contributed by atoms with Crippen molar-refractivity contribution in [2.75, 3.05) is 11.9 Å². The molecular weight excluding hydrogens is 309 g/mol. The Morgan fingerprint density at radius 2 is 2.00 bits per heavy atom. The van der Waals surface area contributed by atoms with Gasteiger partial charge in [0.2, 0.25) is 0 Å². The van der Waals surface area contributed by atoms with Crippen LogP contribution in [0.15, 0.2) is 24.3 Å². The second kappa shape index (κ2) is 7.48. The molecule has 0 unspecified atom stereocenters. The van der Waals surface area contributed by atoms with Crippen LogP contribution in [0.2, 0.25) is 10.0 Å². The number of aromatic nitrogens is 2. The lowest BCUT2D eigenvalue weighted by molar-refractivity contribution is 0.296. The molecule has 0 fully saturated rings. The minimum atomic E-state index is 0.239. The number of ether oxygens (including phenoxy) is 1. The fourth-order valence-electron chi connectivity index (χ4n) is 1.77. The molecular formula is C15H17Cl2N3O. The van der Waals surface area contributed by atoms with Crippen molar-refractivity contribution in [2.45, 2.75) is 26.9 Å². The smallest absolute Gasteiger partial charge is 0.168 e. The quantitative estimate of drug-likeness (QED) is 0.849. The van der Waals surface area contributed by atoms with Gasteiger partial charge in [0.05, 0.1) is 5.02 Å². The minimum Gasteiger partial charge on any atom is -0.484 e. The van der Waals surface area contributed by atoms with E-state index in [0.717, 1.165) is 24.5 Å². The van der Waals surface area contributed by atoms with E-state index < -0.39 is 0 Å². The third-order valence-corrected chi connectivity index (χ3v) is 3.25. The van der Waals surface area contributed by atoms with Crippen molar-refractivity contribution in [3.8, 4) is 5.75 Å². The van der Waals surface area contributed by atoms with Crippen LogP contribution in [0.3, 0.4) is 0 Å². The van der Waals surface area contributed by atoms with E-state index in [-0.39, 0.29) is 6.61 Å². The van der Waals surface area contributed by atoms with Crippen molar-refractivity contribution in [1.29, 1.82) is 0 Å². The van der Waals surface area contributed by atoms with E-state index in [1.165, 1.54) is 0 Å². The highest BCUT2D eigenvalue weighted by atomic mass is 35.5. The molecule has 4 nitrogen and oxygen atoms in total. The lowest BCUT2D eigenvalue weighted by atomic mass is 10.3. The molecule has 1 aromatic heterocycles. The van der Waals surface area contributed by atoms with Crippen molar-refractivity contribution < 1.29 is 4.74 Å². The zero-order chi connectivity index (χ0) is 15.2. The van der Waals surface area contributed by atoms with Crippen molar-refractivity contribution in [3.63, 3.8) is 0 Å². The Morgan fingerprint density at radius 3 is 2.76 bits per heavy atom. The SMILES string of the molecule is CCCNc1cc(C)nc(COc2cc(Cl)ccc2Cl)n1. The van der Waals surface area contributed by atoms with Crippen molar-refractivity contribution in [2.24, 2.45) is 0 Å². The van der Waals surface area contributed by atoms with Crippen LogP contribution in [-0.2, 0) is 6.61 Å². The van der Waals surface area contributed by atoms with Crippen molar-refractivity contribution in [3.05, 3.63) is 45.8 Å². The predicted molar refractivity (Wildman–Crippen MR) is 86.3 cm³/mol. The topological polar surface area (TPSA) is 47.0 Å². The molecule has 0 aliphatic carbocycles. The van der Waals surface area contributed by atoms with Gasteiger partial charge >= 0.3 is 0 Å². The number of anilines is 1. The molecule has 0 spiro atoms. The molecule has 2 rings (SSSR count). The molecule has 0 radical (unpaired) electrons. The van der Waals surface area contributed by atoms with Gasteiger partial charge in [-0.05, 0) is 25.5 Å². The molecule has 0 aliphatic heterocycles. The summed E-state index contributed by atoms with van der Waals surface area (Å²) >= 11 is 12.0. The molecule has 1 aromatic carbocycles. The maximum atomic E-state index is 6.06. The molecule has 2 aromatic rings. The Balaban J connectivity index is 2.08. The summed E-state index contributed by atoms with van der Waals surface area (Å²) in [6.45, 7) is 5.14. The molecule has 1 heterocycles. The molecule has 0 bridgehead atoms. The van der Waals surface area contributed by atoms with E-state index in [0.29, 0.717) is 21.6 Å². The number of aryl methyl sites for hydroxylation is 1. The fraction of sp³-hybridized carbons (Fsp3) is 0.333. The molecule has 0 atom stereocenters. The van der Waals surface area contributed by atoms with Crippen LogP contribution in [0.1, 0.15) is 24.9 Å². The van der Waals surface area contributed by atoms with E-state index in [1.807, 2.05) is 13.0 Å². The van der Waals surface area contributed by atoms with Gasteiger partial charge in [0.1, 0.15) is 18.2 Å². The first kappa shape index (κ1) is 15.9. The maximum absolute atomic E-state index is 6.06. The highest BCUT2D eigenvalue weighted by Gasteiger charge is 2.06. The standard InChI is InChI=1S/C15H17Cl2N3O/c1-3-6-18-14-7-10(2)19-15(20-14)9-21-13-8-11(16)4-5-12(13)17/h4-5,7-8H,3,6,9H2,1-2H3,(H,18,19,20). The molecule has 6 heteroatoms. The van der Waals surface area contributed by atoms with Gasteiger partial charge in [-0.25, -0.2) is 9.97 Å². The Bertz CT molecular complexity index is 620. The molecule has 0 aliphatic rings. The Morgan fingerprint density at radius 1 is 1.19 bits per heavy atom. The van der Waals surface area contributed by atoms with Crippen LogP contribution in [0.4, 0.5) is 5.82 Å². The van der Waals surface area contributed by atoms with Gasteiger partial charge in [-0.3, -0.25) is 0 Å². The van der Waals surface area contributed by atoms with E-state index >= 15 is 0 Å². The summed E-state index contributed by atoms with van der Waals surface area (Å²) in [5.74, 6) is 1.93. The average molecular weight is 326 g/mol. The number of halogens is 2. The first-order valence-corrected chi connectivity index (χ1v) is 7.50. The van der Waals surface area contributed by atoms with Gasteiger partial charge in [-0.15, -0.1) is 0 Å². The number of nitrogens with zero attached hydrogens (tertiary/aromatic N) is 2. The largest absolute Gasteiger partial charge is 0.484 e. The van der Waals surface area contributed by atoms with E-state index in [4.69, 9.17) is 27.9 Å². The van der Waals surface area contributed by atoms with Gasteiger partial charge in [0.15, 0.2) is 5.82 Å². The second-order valence-electron chi connectivity index (χ2n) is 4.60. The van der Waals surface area contributed by atoms with Gasteiger partial charge in [-0.1, -0.05) is 30.1 Å². The summed E-state index contributed by atoms with van der Waals surface area (Å²) in [7, 11) is 0. The summed E-state index contributed by atoms with van der Waals surface area (Å²) in [6.07, 6.45) is 1.03. The van der Waals surface area contributed by atoms with Crippen LogP contribution < -0.4 is 10.1 Å². The molecule has 1 N–H and O–H groups in total. The van der Waals surface area contributed by atoms with Crippen LogP contribution in [0.5, 0.6) is 5.75 Å². The van der Waals surface area contributed by atoms with Crippen molar-refractivity contribution in [1.82, 2.24) is 9.97 Å². The summed E-state index contributed by atoms with van der Waals surface area (Å²) in [5, 5.41) is 4.32. The van der Waals surface area contributed by atoms with Gasteiger partial charge in [0.25, 0.3) is 0 Å². The molecule has 0 saturated carbocycles. The Labute approximate surface area is 134 Å². The number of nitrogens with one attached hydrogen (secondary N) is 1. The molecule has 21 heavy (non-hydrogen) atoms. The molecule has 0 saturated heterocycles. The first-order valence-electron chi connectivity index (χ1n) is 6.74.